The van der Waals surface area contributed by atoms with Crippen LogP contribution >= 0.6 is 12.2 Å². The second-order valence-corrected chi connectivity index (χ2v) is 7.72. The highest BCUT2D eigenvalue weighted by atomic mass is 32.1. The van der Waals surface area contributed by atoms with Gasteiger partial charge in [0.15, 0.2) is 5.11 Å². The number of hydrazine groups is 1. The number of aryl methyl sites for hydroxylation is 1. The molecule has 1 aliphatic heterocycles. The van der Waals surface area contributed by atoms with E-state index < -0.39 is 11.6 Å². The van der Waals surface area contributed by atoms with E-state index in [0.29, 0.717) is 24.0 Å². The summed E-state index contributed by atoms with van der Waals surface area (Å²) >= 11 is 5.30. The lowest BCUT2D eigenvalue weighted by Gasteiger charge is -2.26. The summed E-state index contributed by atoms with van der Waals surface area (Å²) in [7, 11) is 0. The van der Waals surface area contributed by atoms with E-state index >= 15 is 0 Å². The number of amides is 3. The number of nitrogens with zero attached hydrogens (tertiary/aromatic N) is 1. The summed E-state index contributed by atoms with van der Waals surface area (Å²) in [4.78, 5) is 25.1. The molecule has 0 radical (unpaired) electrons. The first kappa shape index (κ1) is 18.6. The van der Waals surface area contributed by atoms with Gasteiger partial charge in [-0.15, -0.1) is 0 Å². The molecule has 3 amide bonds. The Bertz CT molecular complexity index is 675. The molecule has 1 aliphatic carbocycles. The smallest absolute Gasteiger partial charge is 0.344 e. The number of hydrogen-bond acceptors (Lipinski definition) is 3. The fourth-order valence-electron chi connectivity index (χ4n) is 3.56. The molecule has 1 saturated carbocycles. The molecular formula is C19H26N4O2S. The fraction of sp³-hybridized carbons (Fsp3) is 0.526. The number of imide groups is 1. The lowest BCUT2D eigenvalue weighted by molar-refractivity contribution is -0.132. The number of thiocarbonyl (C=S) groups is 1. The number of carbonyl (C=O) groups excluding carboxylic acids is 2. The Labute approximate surface area is 159 Å². The van der Waals surface area contributed by atoms with E-state index in [9.17, 15) is 9.59 Å². The molecule has 0 unspecified atom stereocenters. The van der Waals surface area contributed by atoms with Crippen LogP contribution in [0.4, 0.5) is 4.79 Å². The Hall–Kier alpha value is -2.15. The number of nitrogens with one attached hydrogen (secondary N) is 3. The number of hydrogen-bond donors (Lipinski definition) is 3. The summed E-state index contributed by atoms with van der Waals surface area (Å²) in [6, 6.07) is 9.78. The largest absolute Gasteiger partial charge is 0.359 e. The molecular weight excluding hydrogens is 348 g/mol. The standard InChI is InChI=1S/C19H26N4O2S/c1-19(13-12-14-8-4-2-5-9-14)16(24)23(18(25)21-19)22-17(26)20-15-10-6-3-7-11-15/h2,4-5,8-9,15H,3,6-7,10-13H2,1H3,(H,21,25)(H2,20,22,26)/t19-/m0/s1. The molecule has 0 bridgehead atoms. The highest BCUT2D eigenvalue weighted by Gasteiger charge is 2.48. The first-order valence-corrected chi connectivity index (χ1v) is 9.66. The summed E-state index contributed by atoms with van der Waals surface area (Å²) in [6.45, 7) is 1.76. The van der Waals surface area contributed by atoms with E-state index in [1.165, 1.54) is 19.3 Å². The van der Waals surface area contributed by atoms with Crippen LogP contribution in [0.2, 0.25) is 0 Å². The molecule has 1 aromatic rings. The minimum Gasteiger partial charge on any atom is -0.359 e. The summed E-state index contributed by atoms with van der Waals surface area (Å²) in [5.74, 6) is -0.300. The van der Waals surface area contributed by atoms with E-state index in [2.05, 4.69) is 16.1 Å². The van der Waals surface area contributed by atoms with Gasteiger partial charge >= 0.3 is 6.03 Å². The number of carbonyl (C=O) groups is 2. The first-order chi connectivity index (χ1) is 12.5. The Kier molecular flexibility index (Phi) is 5.76. The molecule has 3 rings (SSSR count). The predicted molar refractivity (Wildman–Crippen MR) is 104 cm³/mol. The van der Waals surface area contributed by atoms with E-state index in [4.69, 9.17) is 12.2 Å². The third-order valence-corrected chi connectivity index (χ3v) is 5.38. The molecule has 1 saturated heterocycles. The maximum Gasteiger partial charge on any atom is 0.344 e. The summed E-state index contributed by atoms with van der Waals surface area (Å²) in [5, 5.41) is 7.35. The van der Waals surface area contributed by atoms with Gasteiger partial charge in [-0.25, -0.2) is 4.79 Å². The zero-order valence-electron chi connectivity index (χ0n) is 15.1. The Balaban J connectivity index is 1.56. The van der Waals surface area contributed by atoms with Crippen molar-refractivity contribution < 1.29 is 9.59 Å². The topological polar surface area (TPSA) is 73.5 Å². The molecule has 6 nitrogen and oxygen atoms in total. The zero-order valence-corrected chi connectivity index (χ0v) is 15.9. The van der Waals surface area contributed by atoms with Crippen LogP contribution in [0.15, 0.2) is 30.3 Å². The molecule has 2 aliphatic rings. The van der Waals surface area contributed by atoms with Gasteiger partial charge in [0.2, 0.25) is 0 Å². The maximum absolute atomic E-state index is 12.8. The molecule has 140 valence electrons. The SMILES string of the molecule is C[C@@]1(CCc2ccccc2)NC(=O)N(NC(=S)NC2CCCCC2)C1=O. The van der Waals surface area contributed by atoms with Crippen LogP contribution < -0.4 is 16.1 Å². The van der Waals surface area contributed by atoms with Gasteiger partial charge in [0.25, 0.3) is 5.91 Å². The summed E-state index contributed by atoms with van der Waals surface area (Å²) in [5.41, 5.74) is 2.98. The van der Waals surface area contributed by atoms with Crippen LogP contribution in [0.5, 0.6) is 0 Å². The highest BCUT2D eigenvalue weighted by molar-refractivity contribution is 7.80. The molecule has 1 heterocycles. The Morgan fingerprint density at radius 3 is 2.62 bits per heavy atom. The van der Waals surface area contributed by atoms with Crippen molar-refractivity contribution in [2.75, 3.05) is 0 Å². The van der Waals surface area contributed by atoms with Crippen LogP contribution in [-0.2, 0) is 11.2 Å². The van der Waals surface area contributed by atoms with Gasteiger partial charge in [0.05, 0.1) is 0 Å². The van der Waals surface area contributed by atoms with Crippen molar-refractivity contribution in [2.24, 2.45) is 0 Å². The third-order valence-electron chi connectivity index (χ3n) is 5.17. The van der Waals surface area contributed by atoms with Crippen molar-refractivity contribution in [3.05, 3.63) is 35.9 Å². The second-order valence-electron chi connectivity index (χ2n) is 7.31. The third kappa shape index (κ3) is 4.33. The minimum atomic E-state index is -0.930. The Morgan fingerprint density at radius 2 is 1.92 bits per heavy atom. The van der Waals surface area contributed by atoms with Gasteiger partial charge in [-0.05, 0) is 50.4 Å². The number of benzene rings is 1. The molecule has 2 fully saturated rings. The van der Waals surface area contributed by atoms with Gasteiger partial charge < -0.3 is 10.6 Å². The Morgan fingerprint density at radius 1 is 1.23 bits per heavy atom. The normalized spacial score (nSPS) is 23.7. The van der Waals surface area contributed by atoms with Crippen molar-refractivity contribution in [2.45, 2.75) is 63.5 Å². The van der Waals surface area contributed by atoms with Crippen LogP contribution in [0.25, 0.3) is 0 Å². The van der Waals surface area contributed by atoms with Crippen molar-refractivity contribution in [1.29, 1.82) is 0 Å². The maximum atomic E-state index is 12.8. The number of urea groups is 1. The van der Waals surface area contributed by atoms with Gasteiger partial charge in [-0.2, -0.15) is 5.01 Å². The molecule has 1 atom stereocenters. The second kappa shape index (κ2) is 8.03. The minimum absolute atomic E-state index is 0.300. The van der Waals surface area contributed by atoms with Crippen LogP contribution in [-0.4, -0.2) is 33.6 Å². The van der Waals surface area contributed by atoms with Crippen molar-refractivity contribution in [1.82, 2.24) is 21.1 Å². The summed E-state index contributed by atoms with van der Waals surface area (Å²) < 4.78 is 0. The summed E-state index contributed by atoms with van der Waals surface area (Å²) in [6.07, 6.45) is 6.99. The lowest BCUT2D eigenvalue weighted by atomic mass is 9.93. The van der Waals surface area contributed by atoms with Gasteiger partial charge in [0, 0.05) is 6.04 Å². The van der Waals surface area contributed by atoms with Crippen LogP contribution in [0.3, 0.4) is 0 Å². The number of rotatable bonds is 5. The predicted octanol–water partition coefficient (Wildman–Crippen LogP) is 2.64. The van der Waals surface area contributed by atoms with Crippen molar-refractivity contribution >= 4 is 29.3 Å². The monoisotopic (exact) mass is 374 g/mol. The van der Waals surface area contributed by atoms with Crippen LogP contribution in [0, 0.1) is 0 Å². The highest BCUT2D eigenvalue weighted by Crippen LogP contribution is 2.22. The van der Waals surface area contributed by atoms with Gasteiger partial charge in [-0.1, -0.05) is 49.6 Å². The molecule has 0 aromatic heterocycles. The van der Waals surface area contributed by atoms with Gasteiger partial charge in [0.1, 0.15) is 5.54 Å². The average Bonchev–Trinajstić information content (AvgIpc) is 2.85. The fourth-order valence-corrected chi connectivity index (χ4v) is 3.82. The quantitative estimate of drug-likeness (QED) is 0.546. The van der Waals surface area contributed by atoms with E-state index in [1.807, 2.05) is 30.3 Å². The van der Waals surface area contributed by atoms with Crippen molar-refractivity contribution in [3.8, 4) is 0 Å². The zero-order chi connectivity index (χ0) is 18.6. The lowest BCUT2D eigenvalue weighted by Crippen LogP contribution is -2.53. The molecule has 0 spiro atoms. The first-order valence-electron chi connectivity index (χ1n) is 9.26. The van der Waals surface area contributed by atoms with Gasteiger partial charge in [-0.3, -0.25) is 10.2 Å². The molecule has 26 heavy (non-hydrogen) atoms. The van der Waals surface area contributed by atoms with Crippen LogP contribution in [0.1, 0.15) is 51.0 Å². The van der Waals surface area contributed by atoms with E-state index in [0.717, 1.165) is 23.4 Å². The molecule has 7 heteroatoms. The average molecular weight is 375 g/mol. The van der Waals surface area contributed by atoms with E-state index in [1.54, 1.807) is 6.92 Å². The molecule has 1 aromatic carbocycles. The van der Waals surface area contributed by atoms with E-state index in [-0.39, 0.29) is 5.91 Å². The molecule has 3 N–H and O–H groups in total. The van der Waals surface area contributed by atoms with Crippen molar-refractivity contribution in [3.63, 3.8) is 0 Å².